The molecule has 0 saturated carbocycles. The van der Waals surface area contributed by atoms with Gasteiger partial charge in [0.05, 0.1) is 10.2 Å². The van der Waals surface area contributed by atoms with Gasteiger partial charge in [-0.1, -0.05) is 47.2 Å². The standard InChI is InChI=1S/C16H10BrClN2OS/c17-11-5-3-7-13-15(11)20-16(22-13)19-14(21)9-8-10-4-1-2-6-12(10)18/h1-9H,(H,19,20,21)/b9-8+. The van der Waals surface area contributed by atoms with E-state index in [1.807, 2.05) is 36.4 Å². The van der Waals surface area contributed by atoms with E-state index in [2.05, 4.69) is 26.2 Å². The lowest BCUT2D eigenvalue weighted by molar-refractivity contribution is -0.111. The molecule has 1 N–H and O–H groups in total. The van der Waals surface area contributed by atoms with E-state index in [0.717, 1.165) is 20.3 Å². The molecule has 0 aliphatic heterocycles. The maximum Gasteiger partial charge on any atom is 0.250 e. The summed E-state index contributed by atoms with van der Waals surface area (Å²) in [5, 5.41) is 3.94. The Balaban J connectivity index is 1.76. The molecule has 1 amide bonds. The van der Waals surface area contributed by atoms with E-state index in [0.29, 0.717) is 10.2 Å². The van der Waals surface area contributed by atoms with Gasteiger partial charge in [0.25, 0.3) is 0 Å². The van der Waals surface area contributed by atoms with Crippen LogP contribution in [0, 0.1) is 0 Å². The zero-order chi connectivity index (χ0) is 15.5. The number of nitrogens with one attached hydrogen (secondary N) is 1. The number of carbonyl (C=O) groups is 1. The Kier molecular flexibility index (Phi) is 4.57. The highest BCUT2D eigenvalue weighted by atomic mass is 79.9. The maximum atomic E-state index is 12.0. The van der Waals surface area contributed by atoms with Crippen LogP contribution in [0.15, 0.2) is 53.0 Å². The highest BCUT2D eigenvalue weighted by molar-refractivity contribution is 9.10. The number of benzene rings is 2. The van der Waals surface area contributed by atoms with Gasteiger partial charge >= 0.3 is 0 Å². The van der Waals surface area contributed by atoms with Crippen molar-refractivity contribution < 1.29 is 4.79 Å². The van der Waals surface area contributed by atoms with Gasteiger partial charge < -0.3 is 0 Å². The van der Waals surface area contributed by atoms with Crippen LogP contribution in [-0.2, 0) is 4.79 Å². The van der Waals surface area contributed by atoms with E-state index in [9.17, 15) is 4.79 Å². The topological polar surface area (TPSA) is 42.0 Å². The van der Waals surface area contributed by atoms with Crippen LogP contribution >= 0.6 is 38.9 Å². The van der Waals surface area contributed by atoms with Crippen molar-refractivity contribution in [2.24, 2.45) is 0 Å². The highest BCUT2D eigenvalue weighted by Crippen LogP contribution is 2.30. The number of nitrogens with zero attached hydrogens (tertiary/aromatic N) is 1. The number of aromatic nitrogens is 1. The van der Waals surface area contributed by atoms with Crippen molar-refractivity contribution >= 4 is 66.2 Å². The smallest absolute Gasteiger partial charge is 0.250 e. The molecule has 0 spiro atoms. The minimum absolute atomic E-state index is 0.241. The molecule has 3 nitrogen and oxygen atoms in total. The first-order valence-corrected chi connectivity index (χ1v) is 8.41. The lowest BCUT2D eigenvalue weighted by Gasteiger charge is -1.97. The second-order valence-corrected chi connectivity index (χ2v) is 6.74. The van der Waals surface area contributed by atoms with E-state index >= 15 is 0 Å². The summed E-state index contributed by atoms with van der Waals surface area (Å²) in [6.45, 7) is 0. The summed E-state index contributed by atoms with van der Waals surface area (Å²) < 4.78 is 1.92. The predicted octanol–water partition coefficient (Wildman–Crippen LogP) is 5.36. The summed E-state index contributed by atoms with van der Waals surface area (Å²) >= 11 is 10.9. The zero-order valence-corrected chi connectivity index (χ0v) is 14.4. The summed E-state index contributed by atoms with van der Waals surface area (Å²) in [4.78, 5) is 16.4. The average molecular weight is 394 g/mol. The van der Waals surface area contributed by atoms with Crippen molar-refractivity contribution in [3.8, 4) is 0 Å². The van der Waals surface area contributed by atoms with Crippen molar-refractivity contribution in [2.75, 3.05) is 5.32 Å². The molecule has 22 heavy (non-hydrogen) atoms. The summed E-state index contributed by atoms with van der Waals surface area (Å²) in [5.41, 5.74) is 1.64. The molecule has 0 bridgehead atoms. The highest BCUT2D eigenvalue weighted by Gasteiger charge is 2.08. The van der Waals surface area contributed by atoms with E-state index in [1.165, 1.54) is 17.4 Å². The Morgan fingerprint density at radius 3 is 2.82 bits per heavy atom. The summed E-state index contributed by atoms with van der Waals surface area (Å²) in [6.07, 6.45) is 3.13. The van der Waals surface area contributed by atoms with Crippen LogP contribution in [0.3, 0.4) is 0 Å². The third-order valence-electron chi connectivity index (χ3n) is 2.92. The molecule has 0 fully saturated rings. The Labute approximate surface area is 144 Å². The Bertz CT molecular complexity index is 875. The summed E-state index contributed by atoms with van der Waals surface area (Å²) in [6, 6.07) is 13.2. The molecule has 0 unspecified atom stereocenters. The fourth-order valence-corrected chi connectivity index (χ4v) is 3.57. The molecule has 0 radical (unpaired) electrons. The van der Waals surface area contributed by atoms with Crippen molar-refractivity contribution in [1.82, 2.24) is 4.98 Å². The van der Waals surface area contributed by atoms with Crippen molar-refractivity contribution in [3.63, 3.8) is 0 Å². The fourth-order valence-electron chi connectivity index (χ4n) is 1.89. The van der Waals surface area contributed by atoms with Gasteiger partial charge in [0.1, 0.15) is 0 Å². The fraction of sp³-hybridized carbons (Fsp3) is 0. The van der Waals surface area contributed by atoms with Crippen molar-refractivity contribution in [3.05, 3.63) is 63.6 Å². The number of hydrogen-bond donors (Lipinski definition) is 1. The predicted molar refractivity (Wildman–Crippen MR) is 96.4 cm³/mol. The molecule has 6 heteroatoms. The van der Waals surface area contributed by atoms with Gasteiger partial charge in [-0.25, -0.2) is 4.98 Å². The molecule has 3 rings (SSSR count). The van der Waals surface area contributed by atoms with E-state index in [-0.39, 0.29) is 5.91 Å². The van der Waals surface area contributed by atoms with Gasteiger partial charge in [0.15, 0.2) is 5.13 Å². The number of rotatable bonds is 3. The first-order valence-electron chi connectivity index (χ1n) is 6.42. The number of halogens is 2. The minimum atomic E-state index is -0.241. The van der Waals surface area contributed by atoms with Gasteiger partial charge in [0.2, 0.25) is 5.91 Å². The molecule has 0 aliphatic carbocycles. The number of hydrogen-bond acceptors (Lipinski definition) is 3. The van der Waals surface area contributed by atoms with Crippen LogP contribution in [0.4, 0.5) is 5.13 Å². The molecule has 0 aliphatic rings. The summed E-state index contributed by atoms with van der Waals surface area (Å²) in [7, 11) is 0. The molecule has 0 atom stereocenters. The molecule has 3 aromatic rings. The second-order valence-electron chi connectivity index (χ2n) is 4.45. The largest absolute Gasteiger partial charge is 0.298 e. The van der Waals surface area contributed by atoms with Gasteiger partial charge in [-0.05, 0) is 45.8 Å². The Morgan fingerprint density at radius 2 is 2.05 bits per heavy atom. The monoisotopic (exact) mass is 392 g/mol. The number of fused-ring (bicyclic) bond motifs is 1. The Morgan fingerprint density at radius 1 is 1.23 bits per heavy atom. The molecule has 1 aromatic heterocycles. The molecule has 0 saturated heterocycles. The zero-order valence-electron chi connectivity index (χ0n) is 11.2. The normalized spacial score (nSPS) is 11.2. The van der Waals surface area contributed by atoms with E-state index in [1.54, 1.807) is 12.1 Å². The van der Waals surface area contributed by atoms with Crippen LogP contribution in [0.2, 0.25) is 5.02 Å². The third-order valence-corrected chi connectivity index (χ3v) is 4.84. The number of para-hydroxylation sites is 1. The van der Waals surface area contributed by atoms with Crippen molar-refractivity contribution in [1.29, 1.82) is 0 Å². The number of amides is 1. The van der Waals surface area contributed by atoms with Gasteiger partial charge in [-0.3, -0.25) is 10.1 Å². The van der Waals surface area contributed by atoms with Gasteiger partial charge in [0, 0.05) is 15.6 Å². The number of thiazole rings is 1. The van der Waals surface area contributed by atoms with Crippen LogP contribution < -0.4 is 5.32 Å². The molecular formula is C16H10BrClN2OS. The average Bonchev–Trinajstić information content (AvgIpc) is 2.90. The van der Waals surface area contributed by atoms with Crippen molar-refractivity contribution in [2.45, 2.75) is 0 Å². The van der Waals surface area contributed by atoms with Gasteiger partial charge in [-0.2, -0.15) is 0 Å². The lowest BCUT2D eigenvalue weighted by Crippen LogP contribution is -2.07. The van der Waals surface area contributed by atoms with E-state index < -0.39 is 0 Å². The number of anilines is 1. The van der Waals surface area contributed by atoms with E-state index in [4.69, 9.17) is 11.6 Å². The lowest BCUT2D eigenvalue weighted by atomic mass is 10.2. The van der Waals surface area contributed by atoms with Crippen LogP contribution in [0.5, 0.6) is 0 Å². The SMILES string of the molecule is O=C(/C=C/c1ccccc1Cl)Nc1nc2c(Br)cccc2s1. The van der Waals surface area contributed by atoms with Crippen LogP contribution in [0.25, 0.3) is 16.3 Å². The molecule has 1 heterocycles. The quantitative estimate of drug-likeness (QED) is 0.608. The third kappa shape index (κ3) is 3.38. The van der Waals surface area contributed by atoms with Crippen LogP contribution in [0.1, 0.15) is 5.56 Å². The van der Waals surface area contributed by atoms with Gasteiger partial charge in [-0.15, -0.1) is 0 Å². The molecule has 2 aromatic carbocycles. The summed E-state index contributed by atoms with van der Waals surface area (Å²) in [5.74, 6) is -0.241. The maximum absolute atomic E-state index is 12.0. The Hall–Kier alpha value is -1.69. The number of carbonyl (C=O) groups excluding carboxylic acids is 1. The second kappa shape index (κ2) is 6.60. The molecule has 110 valence electrons. The minimum Gasteiger partial charge on any atom is -0.298 e. The first kappa shape index (κ1) is 15.2. The van der Waals surface area contributed by atoms with Crippen LogP contribution in [-0.4, -0.2) is 10.9 Å². The first-order chi connectivity index (χ1) is 10.6. The molecular weight excluding hydrogens is 384 g/mol.